The van der Waals surface area contributed by atoms with E-state index in [1.807, 2.05) is 12.1 Å². The highest BCUT2D eigenvalue weighted by Crippen LogP contribution is 2.35. The fourth-order valence-corrected chi connectivity index (χ4v) is 2.90. The van der Waals surface area contributed by atoms with Gasteiger partial charge in [-0.3, -0.25) is 0 Å². The SMILES string of the molecule is CC1CNC(C2CC2)CN1c1cccc(Cl)c1. The molecule has 1 saturated carbocycles. The number of piperazine rings is 1. The molecular formula is C14H19ClN2. The first-order chi connectivity index (χ1) is 8.24. The van der Waals surface area contributed by atoms with Crippen LogP contribution in [-0.2, 0) is 0 Å². The highest BCUT2D eigenvalue weighted by atomic mass is 35.5. The van der Waals surface area contributed by atoms with Crippen molar-refractivity contribution in [1.82, 2.24) is 5.32 Å². The quantitative estimate of drug-likeness (QED) is 0.868. The Balaban J connectivity index is 1.79. The predicted octanol–water partition coefficient (Wildman–Crippen LogP) is 2.92. The van der Waals surface area contributed by atoms with Gasteiger partial charge in [-0.1, -0.05) is 17.7 Å². The molecule has 3 heteroatoms. The lowest BCUT2D eigenvalue weighted by Gasteiger charge is -2.40. The van der Waals surface area contributed by atoms with Crippen molar-refractivity contribution < 1.29 is 0 Å². The second-order valence-electron chi connectivity index (χ2n) is 5.33. The zero-order valence-corrected chi connectivity index (χ0v) is 11.0. The lowest BCUT2D eigenvalue weighted by molar-refractivity contribution is 0.376. The van der Waals surface area contributed by atoms with Crippen molar-refractivity contribution in [3.8, 4) is 0 Å². The second kappa shape index (κ2) is 4.51. The third-order valence-electron chi connectivity index (χ3n) is 3.93. The van der Waals surface area contributed by atoms with Crippen LogP contribution in [0.15, 0.2) is 24.3 Å². The molecular weight excluding hydrogens is 232 g/mol. The van der Waals surface area contributed by atoms with Crippen LogP contribution in [0.1, 0.15) is 19.8 Å². The average Bonchev–Trinajstić information content (AvgIpc) is 3.14. The van der Waals surface area contributed by atoms with Gasteiger partial charge in [-0.25, -0.2) is 0 Å². The minimum absolute atomic E-state index is 0.545. The number of hydrogen-bond donors (Lipinski definition) is 1. The van der Waals surface area contributed by atoms with E-state index >= 15 is 0 Å². The first-order valence-electron chi connectivity index (χ1n) is 6.49. The van der Waals surface area contributed by atoms with E-state index in [0.717, 1.165) is 24.0 Å². The van der Waals surface area contributed by atoms with Gasteiger partial charge in [0, 0.05) is 35.9 Å². The standard InChI is InChI=1S/C14H19ClN2/c1-10-8-16-14(11-5-6-11)9-17(10)13-4-2-3-12(15)7-13/h2-4,7,10-11,14,16H,5-6,8-9H2,1H3. The summed E-state index contributed by atoms with van der Waals surface area (Å²) in [5.41, 5.74) is 1.26. The summed E-state index contributed by atoms with van der Waals surface area (Å²) in [6, 6.07) is 9.44. The van der Waals surface area contributed by atoms with Crippen LogP contribution in [0.3, 0.4) is 0 Å². The van der Waals surface area contributed by atoms with E-state index in [-0.39, 0.29) is 0 Å². The Morgan fingerprint density at radius 3 is 2.88 bits per heavy atom. The molecule has 2 fully saturated rings. The molecule has 0 bridgehead atoms. The Bertz CT molecular complexity index is 403. The molecule has 1 N–H and O–H groups in total. The van der Waals surface area contributed by atoms with Crippen molar-refractivity contribution >= 4 is 17.3 Å². The van der Waals surface area contributed by atoms with Crippen molar-refractivity contribution in [3.63, 3.8) is 0 Å². The maximum absolute atomic E-state index is 6.08. The molecule has 1 aromatic carbocycles. The number of halogens is 1. The van der Waals surface area contributed by atoms with Crippen LogP contribution in [0.2, 0.25) is 5.02 Å². The largest absolute Gasteiger partial charge is 0.366 e. The first kappa shape index (κ1) is 11.4. The zero-order valence-electron chi connectivity index (χ0n) is 10.2. The molecule has 0 amide bonds. The van der Waals surface area contributed by atoms with Crippen LogP contribution in [0.4, 0.5) is 5.69 Å². The van der Waals surface area contributed by atoms with Crippen LogP contribution in [0.5, 0.6) is 0 Å². The Hall–Kier alpha value is -0.730. The number of hydrogen-bond acceptors (Lipinski definition) is 2. The fraction of sp³-hybridized carbons (Fsp3) is 0.571. The van der Waals surface area contributed by atoms with Gasteiger partial charge in [0.15, 0.2) is 0 Å². The molecule has 0 aromatic heterocycles. The molecule has 0 radical (unpaired) electrons. The molecule has 2 unspecified atom stereocenters. The Kier molecular flexibility index (Phi) is 3.01. The average molecular weight is 251 g/mol. The van der Waals surface area contributed by atoms with E-state index in [0.29, 0.717) is 12.1 Å². The second-order valence-corrected chi connectivity index (χ2v) is 5.77. The minimum atomic E-state index is 0.545. The van der Waals surface area contributed by atoms with Crippen LogP contribution >= 0.6 is 11.6 Å². The summed E-state index contributed by atoms with van der Waals surface area (Å²) in [5, 5.41) is 4.50. The van der Waals surface area contributed by atoms with Crippen LogP contribution in [0.25, 0.3) is 0 Å². The molecule has 92 valence electrons. The number of rotatable bonds is 2. The molecule has 17 heavy (non-hydrogen) atoms. The molecule has 1 aromatic rings. The molecule has 1 aliphatic heterocycles. The summed E-state index contributed by atoms with van der Waals surface area (Å²) in [4.78, 5) is 2.49. The summed E-state index contributed by atoms with van der Waals surface area (Å²) < 4.78 is 0. The van der Waals surface area contributed by atoms with Gasteiger partial charge < -0.3 is 10.2 Å². The van der Waals surface area contributed by atoms with E-state index < -0.39 is 0 Å². The molecule has 2 aliphatic rings. The number of nitrogens with one attached hydrogen (secondary N) is 1. The molecule has 1 saturated heterocycles. The topological polar surface area (TPSA) is 15.3 Å². The van der Waals surface area contributed by atoms with Gasteiger partial charge in [-0.05, 0) is 43.9 Å². The van der Waals surface area contributed by atoms with Gasteiger partial charge in [0.25, 0.3) is 0 Å². The number of nitrogens with zero attached hydrogens (tertiary/aromatic N) is 1. The zero-order chi connectivity index (χ0) is 11.8. The van der Waals surface area contributed by atoms with Gasteiger partial charge in [-0.15, -0.1) is 0 Å². The van der Waals surface area contributed by atoms with E-state index in [4.69, 9.17) is 11.6 Å². The normalized spacial score (nSPS) is 29.4. The van der Waals surface area contributed by atoms with Crippen molar-refractivity contribution in [2.45, 2.75) is 31.8 Å². The van der Waals surface area contributed by atoms with E-state index in [1.165, 1.54) is 18.5 Å². The van der Waals surface area contributed by atoms with Gasteiger partial charge in [-0.2, -0.15) is 0 Å². The van der Waals surface area contributed by atoms with E-state index in [1.54, 1.807) is 0 Å². The summed E-state index contributed by atoms with van der Waals surface area (Å²) in [5.74, 6) is 0.907. The van der Waals surface area contributed by atoms with Gasteiger partial charge in [0.1, 0.15) is 0 Å². The third-order valence-corrected chi connectivity index (χ3v) is 4.17. The maximum atomic E-state index is 6.08. The lowest BCUT2D eigenvalue weighted by Crippen LogP contribution is -2.56. The van der Waals surface area contributed by atoms with Crippen LogP contribution in [-0.4, -0.2) is 25.2 Å². The first-order valence-corrected chi connectivity index (χ1v) is 6.87. The van der Waals surface area contributed by atoms with E-state index in [9.17, 15) is 0 Å². The Morgan fingerprint density at radius 1 is 1.35 bits per heavy atom. The van der Waals surface area contributed by atoms with Gasteiger partial charge in [0.2, 0.25) is 0 Å². The predicted molar refractivity (Wildman–Crippen MR) is 72.8 cm³/mol. The molecule has 2 nitrogen and oxygen atoms in total. The van der Waals surface area contributed by atoms with Crippen molar-refractivity contribution in [1.29, 1.82) is 0 Å². The molecule has 3 rings (SSSR count). The van der Waals surface area contributed by atoms with Gasteiger partial charge in [0.05, 0.1) is 0 Å². The Morgan fingerprint density at radius 2 is 2.18 bits per heavy atom. The summed E-state index contributed by atoms with van der Waals surface area (Å²) in [6.45, 7) is 4.47. The van der Waals surface area contributed by atoms with Crippen molar-refractivity contribution in [3.05, 3.63) is 29.3 Å². The highest BCUT2D eigenvalue weighted by molar-refractivity contribution is 6.30. The maximum Gasteiger partial charge on any atom is 0.0426 e. The Labute approximate surface area is 108 Å². The summed E-state index contributed by atoms with van der Waals surface area (Å²) >= 11 is 6.08. The van der Waals surface area contributed by atoms with Crippen molar-refractivity contribution in [2.75, 3.05) is 18.0 Å². The molecule has 2 atom stereocenters. The fourth-order valence-electron chi connectivity index (χ4n) is 2.72. The monoisotopic (exact) mass is 250 g/mol. The molecule has 0 spiro atoms. The smallest absolute Gasteiger partial charge is 0.0426 e. The third kappa shape index (κ3) is 2.43. The van der Waals surface area contributed by atoms with Gasteiger partial charge >= 0.3 is 0 Å². The highest BCUT2D eigenvalue weighted by Gasteiger charge is 2.36. The molecule has 1 heterocycles. The lowest BCUT2D eigenvalue weighted by atomic mass is 10.1. The number of anilines is 1. The molecule has 1 aliphatic carbocycles. The van der Waals surface area contributed by atoms with E-state index in [2.05, 4.69) is 29.3 Å². The van der Waals surface area contributed by atoms with Crippen molar-refractivity contribution in [2.24, 2.45) is 5.92 Å². The summed E-state index contributed by atoms with van der Waals surface area (Å²) in [7, 11) is 0. The van der Waals surface area contributed by atoms with Crippen LogP contribution in [0, 0.1) is 5.92 Å². The number of benzene rings is 1. The minimum Gasteiger partial charge on any atom is -0.366 e. The summed E-state index contributed by atoms with van der Waals surface area (Å²) in [6.07, 6.45) is 2.80. The van der Waals surface area contributed by atoms with Crippen LogP contribution < -0.4 is 10.2 Å².